The number of rotatable bonds is 4. The fourth-order valence-electron chi connectivity index (χ4n) is 2.36. The number of ether oxygens (including phenoxy) is 1. The topological polar surface area (TPSA) is 21.6 Å². The van der Waals surface area contributed by atoms with Gasteiger partial charge in [0.15, 0.2) is 0 Å². The van der Waals surface area contributed by atoms with E-state index in [0.29, 0.717) is 6.61 Å². The predicted molar refractivity (Wildman–Crippen MR) is 96.5 cm³/mol. The van der Waals surface area contributed by atoms with Crippen molar-refractivity contribution in [2.24, 2.45) is 4.99 Å². The lowest BCUT2D eigenvalue weighted by molar-refractivity contribution is 0.340. The van der Waals surface area contributed by atoms with E-state index in [1.165, 1.54) is 5.39 Å². The van der Waals surface area contributed by atoms with E-state index >= 15 is 0 Å². The highest BCUT2D eigenvalue weighted by Gasteiger charge is 2.06. The highest BCUT2D eigenvalue weighted by molar-refractivity contribution is 9.10. The zero-order valence-electron chi connectivity index (χ0n) is 12.3. The van der Waals surface area contributed by atoms with Gasteiger partial charge < -0.3 is 4.74 Å². The van der Waals surface area contributed by atoms with Gasteiger partial charge in [-0.2, -0.15) is 0 Å². The average molecular weight is 354 g/mol. The van der Waals surface area contributed by atoms with Crippen molar-refractivity contribution in [2.75, 3.05) is 6.61 Å². The van der Waals surface area contributed by atoms with Crippen LogP contribution >= 0.6 is 15.9 Å². The molecule has 0 aliphatic heterocycles. The Hall–Kier alpha value is -2.13. The molecule has 0 aromatic heterocycles. The summed E-state index contributed by atoms with van der Waals surface area (Å²) in [6, 6.07) is 20.3. The van der Waals surface area contributed by atoms with Crippen LogP contribution in [-0.4, -0.2) is 12.8 Å². The van der Waals surface area contributed by atoms with E-state index in [1.54, 1.807) is 0 Å². The molecule has 0 N–H and O–H groups in total. The van der Waals surface area contributed by atoms with Crippen molar-refractivity contribution in [1.82, 2.24) is 0 Å². The van der Waals surface area contributed by atoms with Gasteiger partial charge in [-0.25, -0.2) is 0 Å². The summed E-state index contributed by atoms with van der Waals surface area (Å²) in [5.41, 5.74) is 1.93. The van der Waals surface area contributed by atoms with Gasteiger partial charge in [-0.05, 0) is 48.0 Å². The van der Waals surface area contributed by atoms with Gasteiger partial charge >= 0.3 is 0 Å². The molecular weight excluding hydrogens is 338 g/mol. The molecule has 22 heavy (non-hydrogen) atoms. The van der Waals surface area contributed by atoms with Crippen LogP contribution in [0, 0.1) is 0 Å². The van der Waals surface area contributed by atoms with Gasteiger partial charge in [-0.3, -0.25) is 4.99 Å². The van der Waals surface area contributed by atoms with Crippen molar-refractivity contribution in [3.63, 3.8) is 0 Å². The average Bonchev–Trinajstić information content (AvgIpc) is 2.55. The van der Waals surface area contributed by atoms with E-state index in [-0.39, 0.29) is 0 Å². The van der Waals surface area contributed by atoms with E-state index in [9.17, 15) is 0 Å². The maximum absolute atomic E-state index is 5.75. The van der Waals surface area contributed by atoms with Crippen molar-refractivity contribution in [3.05, 3.63) is 70.7 Å². The summed E-state index contributed by atoms with van der Waals surface area (Å²) in [7, 11) is 0. The van der Waals surface area contributed by atoms with Crippen LogP contribution in [0.15, 0.2) is 70.1 Å². The third-order valence-electron chi connectivity index (χ3n) is 3.40. The monoisotopic (exact) mass is 353 g/mol. The number of nitrogens with zero attached hydrogens (tertiary/aromatic N) is 1. The third kappa shape index (κ3) is 3.20. The molecule has 0 saturated carbocycles. The first-order valence-corrected chi connectivity index (χ1v) is 8.01. The molecule has 2 nitrogen and oxygen atoms in total. The van der Waals surface area contributed by atoms with Crippen LogP contribution in [0.5, 0.6) is 5.75 Å². The minimum absolute atomic E-state index is 0.636. The van der Waals surface area contributed by atoms with Crippen molar-refractivity contribution < 1.29 is 4.74 Å². The fourth-order valence-corrected chi connectivity index (χ4v) is 2.62. The fraction of sp³-hybridized carbons (Fsp3) is 0.105. The second-order valence-electron chi connectivity index (χ2n) is 4.87. The lowest BCUT2D eigenvalue weighted by Gasteiger charge is -2.10. The van der Waals surface area contributed by atoms with Crippen LogP contribution in [0.3, 0.4) is 0 Å². The summed E-state index contributed by atoms with van der Waals surface area (Å²) in [6.45, 7) is 2.63. The Labute approximate surface area is 138 Å². The molecule has 0 amide bonds. The minimum atomic E-state index is 0.636. The van der Waals surface area contributed by atoms with E-state index in [1.807, 2.05) is 55.6 Å². The zero-order chi connectivity index (χ0) is 15.4. The molecule has 0 saturated heterocycles. The van der Waals surface area contributed by atoms with Gasteiger partial charge in [0, 0.05) is 16.3 Å². The molecule has 0 fully saturated rings. The number of hydrogen-bond acceptors (Lipinski definition) is 2. The van der Waals surface area contributed by atoms with Gasteiger partial charge in [-0.15, -0.1) is 0 Å². The Kier molecular flexibility index (Phi) is 4.54. The smallest absolute Gasteiger partial charge is 0.128 e. The molecule has 3 aromatic rings. The predicted octanol–water partition coefficient (Wildman–Crippen LogP) is 5.75. The maximum Gasteiger partial charge on any atom is 0.128 e. The molecule has 0 unspecified atom stereocenters. The van der Waals surface area contributed by atoms with Gasteiger partial charge in [0.1, 0.15) is 5.75 Å². The Balaban J connectivity index is 2.07. The summed E-state index contributed by atoms with van der Waals surface area (Å²) < 4.78 is 6.80. The first-order valence-electron chi connectivity index (χ1n) is 7.22. The van der Waals surface area contributed by atoms with Crippen molar-refractivity contribution in [3.8, 4) is 5.75 Å². The van der Waals surface area contributed by atoms with Crippen molar-refractivity contribution >= 4 is 38.6 Å². The summed E-state index contributed by atoms with van der Waals surface area (Å²) in [5, 5.41) is 2.33. The molecule has 110 valence electrons. The summed E-state index contributed by atoms with van der Waals surface area (Å²) in [6.07, 6.45) is 1.89. The SMILES string of the molecule is CCOc1ccc2ccccc2c1/C=N/c1ccc(Br)cc1. The molecule has 0 aliphatic rings. The van der Waals surface area contributed by atoms with E-state index < -0.39 is 0 Å². The molecule has 3 heteroatoms. The standard InChI is InChI=1S/C19H16BrNO/c1-2-22-19-12-7-14-5-3-4-6-17(14)18(19)13-21-16-10-8-15(20)9-11-16/h3-13H,2H2,1H3/b21-13+. The zero-order valence-corrected chi connectivity index (χ0v) is 13.9. The largest absolute Gasteiger partial charge is 0.493 e. The number of hydrogen-bond donors (Lipinski definition) is 0. The third-order valence-corrected chi connectivity index (χ3v) is 3.93. The Morgan fingerprint density at radius 2 is 1.77 bits per heavy atom. The Morgan fingerprint density at radius 3 is 2.55 bits per heavy atom. The Bertz CT molecular complexity index is 809. The van der Waals surface area contributed by atoms with Crippen LogP contribution in [0.25, 0.3) is 10.8 Å². The number of aliphatic imine (C=N–C) groups is 1. The van der Waals surface area contributed by atoms with Gasteiger partial charge in [0.25, 0.3) is 0 Å². The van der Waals surface area contributed by atoms with Gasteiger partial charge in [0.2, 0.25) is 0 Å². The van der Waals surface area contributed by atoms with Crippen LogP contribution in [0.1, 0.15) is 12.5 Å². The normalized spacial score (nSPS) is 11.2. The van der Waals surface area contributed by atoms with Crippen LogP contribution in [0.4, 0.5) is 5.69 Å². The number of benzene rings is 3. The van der Waals surface area contributed by atoms with Crippen LogP contribution in [-0.2, 0) is 0 Å². The molecule has 0 heterocycles. The maximum atomic E-state index is 5.75. The highest BCUT2D eigenvalue weighted by Crippen LogP contribution is 2.27. The molecule has 0 bridgehead atoms. The molecule has 0 radical (unpaired) electrons. The minimum Gasteiger partial charge on any atom is -0.493 e. The van der Waals surface area contributed by atoms with Gasteiger partial charge in [0.05, 0.1) is 12.3 Å². The quantitative estimate of drug-likeness (QED) is 0.547. The first kappa shape index (κ1) is 14.8. The summed E-state index contributed by atoms with van der Waals surface area (Å²) in [5.74, 6) is 0.863. The summed E-state index contributed by atoms with van der Waals surface area (Å²) in [4.78, 5) is 4.58. The summed E-state index contributed by atoms with van der Waals surface area (Å²) >= 11 is 3.43. The second kappa shape index (κ2) is 6.75. The van der Waals surface area contributed by atoms with Crippen molar-refractivity contribution in [1.29, 1.82) is 0 Å². The number of fused-ring (bicyclic) bond motifs is 1. The van der Waals surface area contributed by atoms with Gasteiger partial charge in [-0.1, -0.05) is 46.3 Å². The molecule has 0 atom stereocenters. The van der Waals surface area contributed by atoms with E-state index in [4.69, 9.17) is 4.74 Å². The van der Waals surface area contributed by atoms with Crippen LogP contribution in [0.2, 0.25) is 0 Å². The molecule has 0 aliphatic carbocycles. The van der Waals surface area contributed by atoms with Crippen molar-refractivity contribution in [2.45, 2.75) is 6.92 Å². The molecule has 3 rings (SSSR count). The first-order chi connectivity index (χ1) is 10.8. The lowest BCUT2D eigenvalue weighted by atomic mass is 10.0. The highest BCUT2D eigenvalue weighted by atomic mass is 79.9. The lowest BCUT2D eigenvalue weighted by Crippen LogP contribution is -1.97. The molecule has 0 spiro atoms. The van der Waals surface area contributed by atoms with E-state index in [2.05, 4.69) is 39.1 Å². The molecule has 3 aromatic carbocycles. The Morgan fingerprint density at radius 1 is 1.00 bits per heavy atom. The second-order valence-corrected chi connectivity index (χ2v) is 5.78. The molecular formula is C19H16BrNO. The van der Waals surface area contributed by atoms with E-state index in [0.717, 1.165) is 26.9 Å². The van der Waals surface area contributed by atoms with Crippen LogP contribution < -0.4 is 4.74 Å². The number of halogens is 1.